The number of ether oxygens (including phenoxy) is 1. The lowest BCUT2D eigenvalue weighted by atomic mass is 10.2. The molecule has 0 amide bonds. The van der Waals surface area contributed by atoms with Crippen LogP contribution in [0.2, 0.25) is 0 Å². The molecular formula is C9H12BrNO. The Bertz CT molecular complexity index is 233. The average molecular weight is 230 g/mol. The van der Waals surface area contributed by atoms with Gasteiger partial charge < -0.3 is 4.74 Å². The van der Waals surface area contributed by atoms with Crippen molar-refractivity contribution in [1.82, 2.24) is 4.98 Å². The minimum atomic E-state index is 0.493. The molecule has 0 aliphatic rings. The predicted molar refractivity (Wildman–Crippen MR) is 52.9 cm³/mol. The van der Waals surface area contributed by atoms with Crippen LogP contribution in [0.4, 0.5) is 0 Å². The maximum Gasteiger partial charge on any atom is 0.212 e. The molecule has 0 radical (unpaired) electrons. The quantitative estimate of drug-likeness (QED) is 0.744. The Labute approximate surface area is 81.1 Å². The van der Waals surface area contributed by atoms with E-state index in [0.29, 0.717) is 10.7 Å². The minimum Gasteiger partial charge on any atom is -0.481 e. The van der Waals surface area contributed by atoms with Gasteiger partial charge in [-0.1, -0.05) is 28.9 Å². The molecule has 0 aromatic carbocycles. The molecule has 0 spiro atoms. The highest BCUT2D eigenvalue weighted by Crippen LogP contribution is 2.11. The zero-order valence-electron chi connectivity index (χ0n) is 7.25. The summed E-state index contributed by atoms with van der Waals surface area (Å²) in [5.74, 6) is 0.668. The SMILES string of the molecule is COc1ccc(CC(C)Br)cn1. The summed E-state index contributed by atoms with van der Waals surface area (Å²) in [7, 11) is 1.62. The largest absolute Gasteiger partial charge is 0.481 e. The molecule has 0 saturated carbocycles. The number of halogens is 1. The van der Waals surface area contributed by atoms with E-state index in [1.54, 1.807) is 7.11 Å². The lowest BCUT2D eigenvalue weighted by Gasteiger charge is -2.03. The molecular weight excluding hydrogens is 218 g/mol. The van der Waals surface area contributed by atoms with Gasteiger partial charge in [0.25, 0.3) is 0 Å². The van der Waals surface area contributed by atoms with Crippen molar-refractivity contribution in [1.29, 1.82) is 0 Å². The van der Waals surface area contributed by atoms with Crippen LogP contribution in [0.15, 0.2) is 18.3 Å². The lowest BCUT2D eigenvalue weighted by Crippen LogP contribution is -1.97. The van der Waals surface area contributed by atoms with Gasteiger partial charge >= 0.3 is 0 Å². The Morgan fingerprint density at radius 1 is 1.58 bits per heavy atom. The van der Waals surface area contributed by atoms with Gasteiger partial charge in [0.2, 0.25) is 5.88 Å². The first-order valence-corrected chi connectivity index (χ1v) is 4.77. The van der Waals surface area contributed by atoms with Gasteiger partial charge in [0.15, 0.2) is 0 Å². The third-order valence-corrected chi connectivity index (χ3v) is 1.85. The van der Waals surface area contributed by atoms with Crippen molar-refractivity contribution in [2.75, 3.05) is 7.11 Å². The molecule has 1 heterocycles. The number of methoxy groups -OCH3 is 1. The normalized spacial score (nSPS) is 12.6. The molecule has 0 fully saturated rings. The van der Waals surface area contributed by atoms with Crippen LogP contribution >= 0.6 is 15.9 Å². The van der Waals surface area contributed by atoms with E-state index in [0.717, 1.165) is 6.42 Å². The van der Waals surface area contributed by atoms with Gasteiger partial charge in [-0.05, 0) is 12.0 Å². The summed E-state index contributed by atoms with van der Waals surface area (Å²) in [5, 5.41) is 0. The Hall–Kier alpha value is -0.570. The number of alkyl halides is 1. The summed E-state index contributed by atoms with van der Waals surface area (Å²) in [6, 6.07) is 3.91. The van der Waals surface area contributed by atoms with E-state index in [-0.39, 0.29) is 0 Å². The van der Waals surface area contributed by atoms with E-state index in [1.807, 2.05) is 18.3 Å². The molecule has 1 atom stereocenters. The third-order valence-electron chi connectivity index (χ3n) is 1.52. The van der Waals surface area contributed by atoms with Gasteiger partial charge in [-0.25, -0.2) is 4.98 Å². The van der Waals surface area contributed by atoms with Crippen LogP contribution in [-0.4, -0.2) is 16.9 Å². The zero-order chi connectivity index (χ0) is 8.97. The van der Waals surface area contributed by atoms with Gasteiger partial charge in [0.1, 0.15) is 0 Å². The van der Waals surface area contributed by atoms with Gasteiger partial charge in [-0.2, -0.15) is 0 Å². The van der Waals surface area contributed by atoms with E-state index in [4.69, 9.17) is 4.74 Å². The molecule has 1 unspecified atom stereocenters. The summed E-state index contributed by atoms with van der Waals surface area (Å²) in [6.07, 6.45) is 2.84. The van der Waals surface area contributed by atoms with Crippen LogP contribution < -0.4 is 4.74 Å². The molecule has 0 bridgehead atoms. The van der Waals surface area contributed by atoms with E-state index in [9.17, 15) is 0 Å². The fourth-order valence-electron chi connectivity index (χ4n) is 0.977. The number of aromatic nitrogens is 1. The van der Waals surface area contributed by atoms with Crippen molar-refractivity contribution in [3.05, 3.63) is 23.9 Å². The van der Waals surface area contributed by atoms with Gasteiger partial charge in [0, 0.05) is 17.1 Å². The second-order valence-electron chi connectivity index (χ2n) is 2.69. The number of rotatable bonds is 3. The Morgan fingerprint density at radius 2 is 2.33 bits per heavy atom. The highest BCUT2D eigenvalue weighted by molar-refractivity contribution is 9.09. The molecule has 1 aromatic rings. The fraction of sp³-hybridized carbons (Fsp3) is 0.444. The summed E-state index contributed by atoms with van der Waals surface area (Å²) >= 11 is 3.49. The number of hydrogen-bond donors (Lipinski definition) is 0. The predicted octanol–water partition coefficient (Wildman–Crippen LogP) is 2.42. The van der Waals surface area contributed by atoms with Gasteiger partial charge in [-0.15, -0.1) is 0 Å². The maximum atomic E-state index is 4.95. The summed E-state index contributed by atoms with van der Waals surface area (Å²) < 4.78 is 4.95. The first-order valence-electron chi connectivity index (χ1n) is 3.85. The monoisotopic (exact) mass is 229 g/mol. The van der Waals surface area contributed by atoms with E-state index >= 15 is 0 Å². The van der Waals surface area contributed by atoms with E-state index < -0.39 is 0 Å². The number of nitrogens with zero attached hydrogens (tertiary/aromatic N) is 1. The summed E-state index contributed by atoms with van der Waals surface area (Å²) in [5.41, 5.74) is 1.22. The van der Waals surface area contributed by atoms with Crippen molar-refractivity contribution < 1.29 is 4.74 Å². The summed E-state index contributed by atoms with van der Waals surface area (Å²) in [6.45, 7) is 2.12. The van der Waals surface area contributed by atoms with Crippen molar-refractivity contribution in [3.63, 3.8) is 0 Å². The maximum absolute atomic E-state index is 4.95. The summed E-state index contributed by atoms with van der Waals surface area (Å²) in [4.78, 5) is 4.60. The molecule has 1 aromatic heterocycles. The molecule has 0 aliphatic heterocycles. The second-order valence-corrected chi connectivity index (χ2v) is 4.26. The van der Waals surface area contributed by atoms with Gasteiger partial charge in [-0.3, -0.25) is 0 Å². The molecule has 0 aliphatic carbocycles. The van der Waals surface area contributed by atoms with Crippen LogP contribution in [0.3, 0.4) is 0 Å². The van der Waals surface area contributed by atoms with Crippen LogP contribution in [0.25, 0.3) is 0 Å². The average Bonchev–Trinajstić information content (AvgIpc) is 2.05. The third kappa shape index (κ3) is 2.81. The molecule has 0 saturated heterocycles. The van der Waals surface area contributed by atoms with Crippen molar-refractivity contribution >= 4 is 15.9 Å². The van der Waals surface area contributed by atoms with Gasteiger partial charge in [0.05, 0.1) is 7.11 Å². The topological polar surface area (TPSA) is 22.1 Å². The standard InChI is InChI=1S/C9H12BrNO/c1-7(10)5-8-3-4-9(12-2)11-6-8/h3-4,6-7H,5H2,1-2H3. The minimum absolute atomic E-state index is 0.493. The van der Waals surface area contributed by atoms with Crippen molar-refractivity contribution in [2.24, 2.45) is 0 Å². The Kier molecular flexibility index (Phi) is 3.53. The number of pyridine rings is 1. The van der Waals surface area contributed by atoms with Crippen LogP contribution in [0.5, 0.6) is 5.88 Å². The van der Waals surface area contributed by atoms with E-state index in [2.05, 4.69) is 27.8 Å². The molecule has 3 heteroatoms. The smallest absolute Gasteiger partial charge is 0.212 e. The van der Waals surface area contributed by atoms with E-state index in [1.165, 1.54) is 5.56 Å². The fourth-order valence-corrected chi connectivity index (χ4v) is 1.35. The highest BCUT2D eigenvalue weighted by Gasteiger charge is 1.99. The van der Waals surface area contributed by atoms with Crippen molar-refractivity contribution in [2.45, 2.75) is 18.2 Å². The van der Waals surface area contributed by atoms with Crippen LogP contribution in [0, 0.1) is 0 Å². The van der Waals surface area contributed by atoms with Crippen LogP contribution in [0.1, 0.15) is 12.5 Å². The molecule has 2 nitrogen and oxygen atoms in total. The Morgan fingerprint density at radius 3 is 2.75 bits per heavy atom. The molecule has 1 rings (SSSR count). The molecule has 66 valence electrons. The van der Waals surface area contributed by atoms with Crippen LogP contribution in [-0.2, 0) is 6.42 Å². The first kappa shape index (κ1) is 9.52. The van der Waals surface area contributed by atoms with Crippen molar-refractivity contribution in [3.8, 4) is 5.88 Å². The molecule has 0 N–H and O–H groups in total. The molecule has 12 heavy (non-hydrogen) atoms. The lowest BCUT2D eigenvalue weighted by molar-refractivity contribution is 0.397. The Balaban J connectivity index is 2.65. The first-order chi connectivity index (χ1) is 5.72. The zero-order valence-corrected chi connectivity index (χ0v) is 8.84. The highest BCUT2D eigenvalue weighted by atomic mass is 79.9. The second kappa shape index (κ2) is 4.45. The number of hydrogen-bond acceptors (Lipinski definition) is 2.